The van der Waals surface area contributed by atoms with Crippen molar-refractivity contribution < 1.29 is 4.74 Å². The normalized spacial score (nSPS) is 20.3. The van der Waals surface area contributed by atoms with Crippen molar-refractivity contribution in [1.29, 1.82) is 0 Å². The topological polar surface area (TPSA) is 38.5 Å². The van der Waals surface area contributed by atoms with Crippen LogP contribution in [0, 0.1) is 6.92 Å². The first kappa shape index (κ1) is 13.4. The van der Waals surface area contributed by atoms with Crippen molar-refractivity contribution in [3.63, 3.8) is 0 Å². The number of hydrogen-bond acceptors (Lipinski definition) is 3. The number of nitrogens with zero attached hydrogens (tertiary/aromatic N) is 1. The molecule has 0 radical (unpaired) electrons. The summed E-state index contributed by atoms with van der Waals surface area (Å²) in [4.78, 5) is 2.33. The fraction of sp³-hybridized carbons (Fsp3) is 0.600. The van der Waals surface area contributed by atoms with Gasteiger partial charge in [-0.15, -0.1) is 0 Å². The van der Waals surface area contributed by atoms with Gasteiger partial charge in [-0.25, -0.2) is 0 Å². The summed E-state index contributed by atoms with van der Waals surface area (Å²) in [5.41, 5.74) is 9.19. The minimum atomic E-state index is 0.415. The molecule has 2 N–H and O–H groups in total. The number of likely N-dealkylation sites (N-methyl/N-ethyl adjacent to an activating group) is 1. The van der Waals surface area contributed by atoms with Crippen LogP contribution < -0.4 is 5.73 Å². The smallest absolute Gasteiger partial charge is 0.0702 e. The van der Waals surface area contributed by atoms with E-state index < -0.39 is 0 Å². The van der Waals surface area contributed by atoms with Crippen LogP contribution in [0.2, 0.25) is 0 Å². The van der Waals surface area contributed by atoms with Gasteiger partial charge in [-0.1, -0.05) is 12.1 Å². The van der Waals surface area contributed by atoms with Gasteiger partial charge >= 0.3 is 0 Å². The van der Waals surface area contributed by atoms with Crippen molar-refractivity contribution in [2.45, 2.75) is 38.8 Å². The number of aryl methyl sites for hydroxylation is 1. The second-order valence-electron chi connectivity index (χ2n) is 5.38. The first-order chi connectivity index (χ1) is 8.65. The van der Waals surface area contributed by atoms with Crippen LogP contribution in [0.25, 0.3) is 0 Å². The van der Waals surface area contributed by atoms with Crippen LogP contribution in [-0.4, -0.2) is 31.2 Å². The molecule has 0 amide bonds. The Morgan fingerprint density at radius 2 is 2.22 bits per heavy atom. The molecule has 1 heterocycles. The molecule has 1 saturated heterocycles. The standard InChI is InChI=1S/C15H24N2O/c1-12-9-13(6-7-15(12)16)10-17(2)11-14-5-3-4-8-18-14/h6-7,9,14H,3-5,8,10-11,16H2,1-2H3. The largest absolute Gasteiger partial charge is 0.399 e. The molecule has 1 aliphatic heterocycles. The Hall–Kier alpha value is -1.06. The van der Waals surface area contributed by atoms with Crippen LogP contribution in [0.4, 0.5) is 5.69 Å². The quantitative estimate of drug-likeness (QED) is 0.832. The zero-order chi connectivity index (χ0) is 13.0. The van der Waals surface area contributed by atoms with E-state index in [1.807, 2.05) is 6.07 Å². The van der Waals surface area contributed by atoms with Gasteiger partial charge in [0, 0.05) is 25.4 Å². The molecule has 100 valence electrons. The Morgan fingerprint density at radius 1 is 1.39 bits per heavy atom. The summed E-state index contributed by atoms with van der Waals surface area (Å²) < 4.78 is 5.77. The first-order valence-corrected chi connectivity index (χ1v) is 6.80. The summed E-state index contributed by atoms with van der Waals surface area (Å²) in [6, 6.07) is 6.28. The van der Waals surface area contributed by atoms with E-state index in [2.05, 4.69) is 31.0 Å². The molecule has 1 aliphatic rings. The lowest BCUT2D eigenvalue weighted by atomic mass is 10.1. The second-order valence-corrected chi connectivity index (χ2v) is 5.38. The third-order valence-electron chi connectivity index (χ3n) is 3.58. The van der Waals surface area contributed by atoms with Crippen molar-refractivity contribution in [3.8, 4) is 0 Å². The Morgan fingerprint density at radius 3 is 2.89 bits per heavy atom. The molecular formula is C15H24N2O. The Balaban J connectivity index is 1.85. The summed E-state index contributed by atoms with van der Waals surface area (Å²) >= 11 is 0. The minimum absolute atomic E-state index is 0.415. The fourth-order valence-corrected chi connectivity index (χ4v) is 2.51. The Kier molecular flexibility index (Phi) is 4.61. The third kappa shape index (κ3) is 3.72. The van der Waals surface area contributed by atoms with E-state index >= 15 is 0 Å². The van der Waals surface area contributed by atoms with Gasteiger partial charge < -0.3 is 10.5 Å². The van der Waals surface area contributed by atoms with Crippen LogP contribution in [0.15, 0.2) is 18.2 Å². The lowest BCUT2D eigenvalue weighted by molar-refractivity contribution is -0.00259. The number of nitrogens with two attached hydrogens (primary N) is 1. The maximum absolute atomic E-state index is 5.84. The molecule has 0 bridgehead atoms. The van der Waals surface area contributed by atoms with E-state index in [-0.39, 0.29) is 0 Å². The molecule has 1 aromatic rings. The van der Waals surface area contributed by atoms with E-state index in [0.29, 0.717) is 6.10 Å². The van der Waals surface area contributed by atoms with Gasteiger partial charge in [0.25, 0.3) is 0 Å². The van der Waals surface area contributed by atoms with Crippen molar-refractivity contribution in [3.05, 3.63) is 29.3 Å². The van der Waals surface area contributed by atoms with Gasteiger partial charge in [-0.2, -0.15) is 0 Å². The second kappa shape index (κ2) is 6.21. The maximum atomic E-state index is 5.84. The SMILES string of the molecule is Cc1cc(CN(C)CC2CCCCO2)ccc1N. The van der Waals surface area contributed by atoms with E-state index in [4.69, 9.17) is 10.5 Å². The molecule has 1 fully saturated rings. The summed E-state index contributed by atoms with van der Waals surface area (Å²) in [6.45, 7) is 4.97. The predicted octanol–water partition coefficient (Wildman–Crippen LogP) is 2.58. The zero-order valence-corrected chi connectivity index (χ0v) is 11.5. The molecule has 1 atom stereocenters. The number of hydrogen-bond donors (Lipinski definition) is 1. The highest BCUT2D eigenvalue weighted by Gasteiger charge is 2.15. The average molecular weight is 248 g/mol. The molecule has 0 saturated carbocycles. The molecule has 18 heavy (non-hydrogen) atoms. The molecule has 3 heteroatoms. The summed E-state index contributed by atoms with van der Waals surface area (Å²) in [6.07, 6.45) is 4.14. The number of anilines is 1. The highest BCUT2D eigenvalue weighted by molar-refractivity contribution is 5.47. The summed E-state index contributed by atoms with van der Waals surface area (Å²) in [5, 5.41) is 0. The van der Waals surface area contributed by atoms with Crippen molar-refractivity contribution in [1.82, 2.24) is 4.90 Å². The summed E-state index contributed by atoms with van der Waals surface area (Å²) in [5.74, 6) is 0. The van der Waals surface area contributed by atoms with Gasteiger partial charge in [0.15, 0.2) is 0 Å². The Bertz CT molecular complexity index is 386. The van der Waals surface area contributed by atoms with E-state index in [1.54, 1.807) is 0 Å². The van der Waals surface area contributed by atoms with E-state index in [0.717, 1.165) is 30.9 Å². The van der Waals surface area contributed by atoms with Crippen LogP contribution in [0.1, 0.15) is 30.4 Å². The van der Waals surface area contributed by atoms with Crippen molar-refractivity contribution in [2.24, 2.45) is 0 Å². The van der Waals surface area contributed by atoms with Gasteiger partial charge in [0.1, 0.15) is 0 Å². The zero-order valence-electron chi connectivity index (χ0n) is 11.5. The van der Waals surface area contributed by atoms with Gasteiger partial charge in [-0.3, -0.25) is 4.90 Å². The van der Waals surface area contributed by atoms with E-state index in [9.17, 15) is 0 Å². The number of rotatable bonds is 4. The molecule has 1 aromatic carbocycles. The average Bonchev–Trinajstić information content (AvgIpc) is 2.35. The minimum Gasteiger partial charge on any atom is -0.399 e. The van der Waals surface area contributed by atoms with Gasteiger partial charge in [0.2, 0.25) is 0 Å². The first-order valence-electron chi connectivity index (χ1n) is 6.80. The van der Waals surface area contributed by atoms with Crippen LogP contribution in [-0.2, 0) is 11.3 Å². The lowest BCUT2D eigenvalue weighted by Gasteiger charge is -2.27. The van der Waals surface area contributed by atoms with Crippen LogP contribution in [0.5, 0.6) is 0 Å². The van der Waals surface area contributed by atoms with Gasteiger partial charge in [-0.05, 0) is 50.4 Å². The summed E-state index contributed by atoms with van der Waals surface area (Å²) in [7, 11) is 2.16. The number of ether oxygens (including phenoxy) is 1. The number of benzene rings is 1. The highest BCUT2D eigenvalue weighted by atomic mass is 16.5. The molecule has 0 spiro atoms. The van der Waals surface area contributed by atoms with Gasteiger partial charge in [0.05, 0.1) is 6.10 Å². The van der Waals surface area contributed by atoms with Crippen molar-refractivity contribution in [2.75, 3.05) is 25.9 Å². The highest BCUT2D eigenvalue weighted by Crippen LogP contribution is 2.16. The molecule has 1 unspecified atom stereocenters. The molecular weight excluding hydrogens is 224 g/mol. The molecule has 2 rings (SSSR count). The fourth-order valence-electron chi connectivity index (χ4n) is 2.51. The van der Waals surface area contributed by atoms with Crippen LogP contribution in [0.3, 0.4) is 0 Å². The maximum Gasteiger partial charge on any atom is 0.0702 e. The molecule has 3 nitrogen and oxygen atoms in total. The third-order valence-corrected chi connectivity index (χ3v) is 3.58. The Labute approximate surface area is 110 Å². The number of nitrogen functional groups attached to an aromatic ring is 1. The molecule has 0 aliphatic carbocycles. The monoisotopic (exact) mass is 248 g/mol. The lowest BCUT2D eigenvalue weighted by Crippen LogP contribution is -2.33. The molecule has 0 aromatic heterocycles. The van der Waals surface area contributed by atoms with Crippen LogP contribution >= 0.6 is 0 Å². The van der Waals surface area contributed by atoms with E-state index in [1.165, 1.54) is 24.8 Å². The predicted molar refractivity (Wildman–Crippen MR) is 75.5 cm³/mol. The van der Waals surface area contributed by atoms with Crippen molar-refractivity contribution >= 4 is 5.69 Å².